The van der Waals surface area contributed by atoms with E-state index >= 15 is 0 Å². The number of likely N-dealkylation sites (tertiary alicyclic amines) is 1. The number of piperidine rings is 1. The van der Waals surface area contributed by atoms with Crippen molar-refractivity contribution >= 4 is 22.9 Å². The van der Waals surface area contributed by atoms with Crippen molar-refractivity contribution < 1.29 is 37.3 Å². The first-order valence-electron chi connectivity index (χ1n) is 19.0. The largest absolute Gasteiger partial charge is 0.444 e. The van der Waals surface area contributed by atoms with Crippen LogP contribution in [0, 0.1) is 5.41 Å². The van der Waals surface area contributed by atoms with E-state index in [0.29, 0.717) is 59.5 Å². The zero-order chi connectivity index (χ0) is 39.4. The van der Waals surface area contributed by atoms with Gasteiger partial charge in [-0.15, -0.1) is 0 Å². The summed E-state index contributed by atoms with van der Waals surface area (Å²) in [7, 11) is 1.54. The van der Waals surface area contributed by atoms with Crippen LogP contribution in [0.4, 0.5) is 18.0 Å². The van der Waals surface area contributed by atoms with Crippen LogP contribution in [0.5, 0.6) is 0 Å². The van der Waals surface area contributed by atoms with Gasteiger partial charge in [0.25, 0.3) is 5.91 Å². The van der Waals surface area contributed by atoms with Crippen molar-refractivity contribution in [2.45, 2.75) is 110 Å². The number of rotatable bonds is 12. The van der Waals surface area contributed by atoms with E-state index in [0.717, 1.165) is 37.8 Å². The number of alkyl carbamates (subject to hydrolysis) is 1. The summed E-state index contributed by atoms with van der Waals surface area (Å²) in [4.78, 5) is 33.4. The average Bonchev–Trinajstić information content (AvgIpc) is 3.40. The number of hydrazine groups is 1. The smallest absolute Gasteiger partial charge is 0.408 e. The number of benzene rings is 1. The van der Waals surface area contributed by atoms with E-state index in [1.54, 1.807) is 57.3 Å². The number of methoxy groups -OCH3 is 1. The van der Waals surface area contributed by atoms with E-state index < -0.39 is 42.0 Å². The maximum atomic E-state index is 14.4. The van der Waals surface area contributed by atoms with Gasteiger partial charge in [0.1, 0.15) is 18.2 Å². The van der Waals surface area contributed by atoms with Crippen molar-refractivity contribution in [3.8, 4) is 11.3 Å². The molecule has 3 aromatic rings. The fourth-order valence-corrected chi connectivity index (χ4v) is 7.56. The molecule has 3 atom stereocenters. The van der Waals surface area contributed by atoms with E-state index in [-0.39, 0.29) is 25.0 Å². The number of aliphatic hydroxyl groups excluding tert-OH is 1. The van der Waals surface area contributed by atoms with Crippen molar-refractivity contribution in [1.82, 2.24) is 30.2 Å². The lowest BCUT2D eigenvalue weighted by Crippen LogP contribution is -2.59. The van der Waals surface area contributed by atoms with Gasteiger partial charge in [-0.1, -0.05) is 19.9 Å². The number of carbonyl (C=O) groups excluding carboxylic acids is 2. The van der Waals surface area contributed by atoms with Gasteiger partial charge >= 0.3 is 12.3 Å². The van der Waals surface area contributed by atoms with Crippen LogP contribution in [0.1, 0.15) is 96.1 Å². The molecule has 2 saturated heterocycles. The van der Waals surface area contributed by atoms with E-state index in [1.165, 1.54) is 4.57 Å². The fourth-order valence-electron chi connectivity index (χ4n) is 7.56. The van der Waals surface area contributed by atoms with Gasteiger partial charge in [-0.3, -0.25) is 14.8 Å². The number of fused-ring (bicyclic) bond motifs is 1. The molecule has 4 heterocycles. The molecule has 2 aromatic heterocycles. The van der Waals surface area contributed by atoms with Crippen molar-refractivity contribution in [2.75, 3.05) is 46.4 Å². The number of alkyl halides is 3. The average molecular weight is 759 g/mol. The highest BCUT2D eigenvalue weighted by atomic mass is 19.4. The summed E-state index contributed by atoms with van der Waals surface area (Å²) in [6.07, 6.45) is -0.214. The molecule has 0 bridgehead atoms. The molecule has 2 fully saturated rings. The Morgan fingerprint density at radius 3 is 2.50 bits per heavy atom. The van der Waals surface area contributed by atoms with Crippen LogP contribution in [-0.4, -0.2) is 101 Å². The van der Waals surface area contributed by atoms with Crippen LogP contribution in [-0.2, 0) is 27.2 Å². The van der Waals surface area contributed by atoms with Gasteiger partial charge in [-0.2, -0.15) is 13.2 Å². The first-order chi connectivity index (χ1) is 25.4. The third kappa shape index (κ3) is 10.3. The molecular weight excluding hydrogens is 701 g/mol. The summed E-state index contributed by atoms with van der Waals surface area (Å²) in [5.74, 6) is -0.208. The minimum Gasteiger partial charge on any atom is -0.444 e. The molecule has 1 aromatic carbocycles. The number of aliphatic hydroxyl groups is 1. The molecule has 14 heteroatoms. The number of hydrogen-bond acceptors (Lipinski definition) is 8. The number of ether oxygens (including phenoxy) is 2. The summed E-state index contributed by atoms with van der Waals surface area (Å²) < 4.78 is 55.6. The third-order valence-corrected chi connectivity index (χ3v) is 10.2. The number of aromatic nitrogens is 2. The number of pyridine rings is 1. The van der Waals surface area contributed by atoms with Crippen molar-refractivity contribution in [1.29, 1.82) is 0 Å². The number of amides is 2. The zero-order valence-electron chi connectivity index (χ0n) is 32.7. The Morgan fingerprint density at radius 2 is 1.85 bits per heavy atom. The van der Waals surface area contributed by atoms with E-state index in [2.05, 4.69) is 20.6 Å². The Hall–Kier alpha value is -3.72. The molecule has 54 heavy (non-hydrogen) atoms. The number of carbonyl (C=O) groups is 2. The lowest BCUT2D eigenvalue weighted by molar-refractivity contribution is -0.140. The molecule has 3 N–H and O–H groups in total. The molecule has 2 amide bonds. The van der Waals surface area contributed by atoms with Crippen molar-refractivity contribution in [3.05, 3.63) is 53.3 Å². The molecule has 0 aliphatic carbocycles. The van der Waals surface area contributed by atoms with E-state index in [9.17, 15) is 27.9 Å². The Labute approximate surface area is 316 Å². The molecule has 298 valence electrons. The second-order valence-corrected chi connectivity index (χ2v) is 16.5. The molecule has 0 saturated carbocycles. The standard InChI is InChI=1S/C40H57F3N6O5/c1-26(53-7)34-29(13-10-16-44-34)35-31(21-39(5,6)25-50)30-20-27(14-15-33(30)48(35)24-40(41,42)43)28-12-11-18-47(22-28)23-32(46-37(52)54-38(2,3)4)36(51)49-19-9-8-17-45-49/h10,13-16,20,26,28,32,45,50H,8-9,11-12,17-19,21-25H2,1-7H3,(H,46,52)/t26-,28?,32-/m0/s1. The summed E-state index contributed by atoms with van der Waals surface area (Å²) >= 11 is 0. The predicted molar refractivity (Wildman–Crippen MR) is 202 cm³/mol. The Balaban J connectivity index is 1.54. The predicted octanol–water partition coefficient (Wildman–Crippen LogP) is 6.73. The zero-order valence-corrected chi connectivity index (χ0v) is 32.7. The van der Waals surface area contributed by atoms with E-state index in [1.807, 2.05) is 32.9 Å². The number of nitrogens with one attached hydrogen (secondary N) is 2. The van der Waals surface area contributed by atoms with Gasteiger partial charge in [-0.05, 0) is 113 Å². The van der Waals surface area contributed by atoms with Gasteiger partial charge in [0.2, 0.25) is 0 Å². The van der Waals surface area contributed by atoms with Crippen molar-refractivity contribution in [3.63, 3.8) is 0 Å². The number of hydrogen-bond donors (Lipinski definition) is 3. The Morgan fingerprint density at radius 1 is 1.09 bits per heavy atom. The number of halogens is 3. The second-order valence-electron chi connectivity index (χ2n) is 16.5. The van der Waals surface area contributed by atoms with Crippen LogP contribution in [0.25, 0.3) is 22.2 Å². The van der Waals surface area contributed by atoms with Gasteiger partial charge in [-0.25, -0.2) is 10.2 Å². The van der Waals surface area contributed by atoms with Crippen LogP contribution < -0.4 is 10.7 Å². The van der Waals surface area contributed by atoms with Crippen LogP contribution in [0.3, 0.4) is 0 Å². The second kappa shape index (κ2) is 17.0. The minimum atomic E-state index is -4.51. The Kier molecular flexibility index (Phi) is 13.0. The molecule has 5 rings (SSSR count). The van der Waals surface area contributed by atoms with Gasteiger partial charge in [0, 0.05) is 62.6 Å². The van der Waals surface area contributed by atoms with Crippen molar-refractivity contribution in [2.24, 2.45) is 5.41 Å². The fraction of sp³-hybridized carbons (Fsp3) is 0.625. The highest BCUT2D eigenvalue weighted by Crippen LogP contribution is 2.43. The molecule has 0 radical (unpaired) electrons. The van der Waals surface area contributed by atoms with Gasteiger partial charge in [0.05, 0.1) is 17.5 Å². The summed E-state index contributed by atoms with van der Waals surface area (Å²) in [6.45, 7) is 12.4. The van der Waals surface area contributed by atoms with Gasteiger partial charge in [0.15, 0.2) is 0 Å². The Bertz CT molecular complexity index is 1760. The molecular formula is C40H57F3N6O5. The first kappa shape index (κ1) is 41.4. The quantitative estimate of drug-likeness (QED) is 0.186. The minimum absolute atomic E-state index is 0.0177. The summed E-state index contributed by atoms with van der Waals surface area (Å²) in [5, 5.41) is 15.5. The van der Waals surface area contributed by atoms with Crippen LogP contribution in [0.2, 0.25) is 0 Å². The lowest BCUT2D eigenvalue weighted by Gasteiger charge is -2.37. The highest BCUT2D eigenvalue weighted by molar-refractivity contribution is 5.93. The van der Waals surface area contributed by atoms with Gasteiger partial charge < -0.3 is 29.4 Å². The van der Waals surface area contributed by atoms with Crippen LogP contribution in [0.15, 0.2) is 36.5 Å². The van der Waals surface area contributed by atoms with Crippen LogP contribution >= 0.6 is 0 Å². The molecule has 2 aliphatic rings. The normalized spacial score (nSPS) is 18.8. The lowest BCUT2D eigenvalue weighted by atomic mass is 9.83. The summed E-state index contributed by atoms with van der Waals surface area (Å²) in [6, 6.07) is 8.37. The highest BCUT2D eigenvalue weighted by Gasteiger charge is 2.36. The maximum absolute atomic E-state index is 14.4. The monoisotopic (exact) mass is 758 g/mol. The molecule has 2 aliphatic heterocycles. The SMILES string of the molecule is CO[C@@H](C)c1ncccc1-c1c(CC(C)(C)CO)c2cc(C3CCCN(C[C@H](NC(=O)OC(C)(C)C)C(=O)N4CCCCN4)C3)ccc2n1CC(F)(F)F. The maximum Gasteiger partial charge on any atom is 0.408 e. The number of nitrogens with zero attached hydrogens (tertiary/aromatic N) is 4. The molecule has 1 unspecified atom stereocenters. The third-order valence-electron chi connectivity index (χ3n) is 10.2. The molecule has 11 nitrogen and oxygen atoms in total. The molecule has 0 spiro atoms. The summed E-state index contributed by atoms with van der Waals surface area (Å²) in [5.41, 5.74) is 5.42. The topological polar surface area (TPSA) is 121 Å². The first-order valence-corrected chi connectivity index (χ1v) is 19.0. The van der Waals surface area contributed by atoms with E-state index in [4.69, 9.17) is 9.47 Å².